The lowest BCUT2D eigenvalue weighted by Gasteiger charge is -2.26. The first-order valence-corrected chi connectivity index (χ1v) is 17.8. The van der Waals surface area contributed by atoms with Crippen LogP contribution < -0.4 is 4.90 Å². The molecular formula is C48H28F2N2O2. The smallest absolute Gasteiger partial charge is 0.213 e. The first-order valence-electron chi connectivity index (χ1n) is 17.8. The van der Waals surface area contributed by atoms with Crippen LogP contribution in [0.25, 0.3) is 82.5 Å². The lowest BCUT2D eigenvalue weighted by atomic mass is 10.0. The van der Waals surface area contributed by atoms with Crippen LogP contribution in [0.5, 0.6) is 0 Å². The zero-order valence-corrected chi connectivity index (χ0v) is 28.6. The molecule has 0 aliphatic carbocycles. The second kappa shape index (κ2) is 11.7. The Kier molecular flexibility index (Phi) is 6.58. The molecule has 0 N–H and O–H groups in total. The van der Waals surface area contributed by atoms with E-state index in [1.807, 2.05) is 34.9 Å². The Labute approximate surface area is 307 Å². The second-order valence-electron chi connectivity index (χ2n) is 13.6. The van der Waals surface area contributed by atoms with E-state index >= 15 is 0 Å². The van der Waals surface area contributed by atoms with Crippen molar-refractivity contribution >= 4 is 82.7 Å². The number of fused-ring (bicyclic) bond motifs is 9. The van der Waals surface area contributed by atoms with Gasteiger partial charge in [-0.2, -0.15) is 0 Å². The van der Waals surface area contributed by atoms with E-state index in [1.54, 1.807) is 12.1 Å². The number of anilines is 3. The van der Waals surface area contributed by atoms with Crippen molar-refractivity contribution in [2.45, 2.75) is 0 Å². The summed E-state index contributed by atoms with van der Waals surface area (Å²) in [6.45, 7) is 0. The minimum absolute atomic E-state index is 0.365. The SMILES string of the molecule is Fc1ccc2oc3c(c2c1)c1cc(F)ccc1n3-c1ccc2cc(N(c3ccc(-c4ccccc4)cc3)c3cccc4c3oc3ccccc34)ccc2c1. The number of benzene rings is 8. The number of para-hydroxylation sites is 2. The van der Waals surface area contributed by atoms with Crippen LogP contribution in [0.1, 0.15) is 0 Å². The molecule has 0 bridgehead atoms. The molecule has 256 valence electrons. The van der Waals surface area contributed by atoms with Gasteiger partial charge in [-0.3, -0.25) is 4.57 Å². The normalized spacial score (nSPS) is 11.9. The zero-order chi connectivity index (χ0) is 35.9. The topological polar surface area (TPSA) is 34.5 Å². The van der Waals surface area contributed by atoms with E-state index in [1.165, 1.54) is 24.3 Å². The Hall–Kier alpha value is -7.18. The number of rotatable bonds is 5. The predicted molar refractivity (Wildman–Crippen MR) is 215 cm³/mol. The molecule has 4 nitrogen and oxygen atoms in total. The molecule has 0 unspecified atom stereocenters. The van der Waals surface area contributed by atoms with Crippen LogP contribution in [0, 0.1) is 11.6 Å². The molecule has 0 aliphatic heterocycles. The fourth-order valence-corrected chi connectivity index (χ4v) is 8.01. The maximum Gasteiger partial charge on any atom is 0.213 e. The van der Waals surface area contributed by atoms with Crippen LogP contribution in [-0.2, 0) is 0 Å². The van der Waals surface area contributed by atoms with E-state index in [9.17, 15) is 8.78 Å². The van der Waals surface area contributed by atoms with Crippen molar-refractivity contribution in [2.24, 2.45) is 0 Å². The highest BCUT2D eigenvalue weighted by Crippen LogP contribution is 2.44. The largest absolute Gasteiger partial charge is 0.454 e. The number of aromatic nitrogens is 1. The number of hydrogen-bond donors (Lipinski definition) is 0. The molecule has 0 fully saturated rings. The molecule has 11 aromatic rings. The van der Waals surface area contributed by atoms with Crippen molar-refractivity contribution in [1.29, 1.82) is 0 Å². The number of halogens is 2. The highest BCUT2D eigenvalue weighted by molar-refractivity contribution is 6.20. The highest BCUT2D eigenvalue weighted by atomic mass is 19.1. The summed E-state index contributed by atoms with van der Waals surface area (Å²) >= 11 is 0. The van der Waals surface area contributed by atoms with E-state index in [0.29, 0.717) is 27.5 Å². The second-order valence-corrected chi connectivity index (χ2v) is 13.6. The van der Waals surface area contributed by atoms with Crippen LogP contribution >= 0.6 is 0 Å². The van der Waals surface area contributed by atoms with Gasteiger partial charge in [-0.1, -0.05) is 84.9 Å². The number of furan rings is 2. The number of hydrogen-bond acceptors (Lipinski definition) is 3. The third kappa shape index (κ3) is 4.67. The lowest BCUT2D eigenvalue weighted by molar-refractivity contribution is 0.623. The summed E-state index contributed by atoms with van der Waals surface area (Å²) in [5.41, 5.74) is 9.55. The van der Waals surface area contributed by atoms with E-state index in [-0.39, 0.29) is 11.6 Å². The van der Waals surface area contributed by atoms with Gasteiger partial charge >= 0.3 is 0 Å². The van der Waals surface area contributed by atoms with Gasteiger partial charge in [0.2, 0.25) is 5.71 Å². The van der Waals surface area contributed by atoms with E-state index in [2.05, 4.69) is 108 Å². The van der Waals surface area contributed by atoms with Crippen LogP contribution in [0.2, 0.25) is 0 Å². The Morgan fingerprint density at radius 1 is 0.463 bits per heavy atom. The maximum absolute atomic E-state index is 14.6. The maximum atomic E-state index is 14.6. The Morgan fingerprint density at radius 3 is 2.02 bits per heavy atom. The third-order valence-electron chi connectivity index (χ3n) is 10.5. The van der Waals surface area contributed by atoms with Crippen molar-refractivity contribution in [2.75, 3.05) is 4.90 Å². The van der Waals surface area contributed by atoms with Crippen LogP contribution in [0.3, 0.4) is 0 Å². The van der Waals surface area contributed by atoms with Crippen LogP contribution in [0.4, 0.5) is 25.8 Å². The van der Waals surface area contributed by atoms with Crippen LogP contribution in [-0.4, -0.2) is 4.57 Å². The van der Waals surface area contributed by atoms with Gasteiger partial charge in [-0.05, 0) is 107 Å². The fourth-order valence-electron chi connectivity index (χ4n) is 8.01. The summed E-state index contributed by atoms with van der Waals surface area (Å²) in [4.78, 5) is 2.25. The Balaban J connectivity index is 1.08. The quantitative estimate of drug-likeness (QED) is 0.179. The first-order chi connectivity index (χ1) is 26.6. The average molecular weight is 703 g/mol. The third-order valence-corrected chi connectivity index (χ3v) is 10.5. The Bertz CT molecular complexity index is 3250. The van der Waals surface area contributed by atoms with Gasteiger partial charge in [0, 0.05) is 38.6 Å². The van der Waals surface area contributed by atoms with Gasteiger partial charge < -0.3 is 13.7 Å². The van der Waals surface area contributed by atoms with Gasteiger partial charge in [-0.15, -0.1) is 0 Å². The van der Waals surface area contributed by atoms with Gasteiger partial charge in [0.1, 0.15) is 22.8 Å². The average Bonchev–Trinajstić information content (AvgIpc) is 3.87. The summed E-state index contributed by atoms with van der Waals surface area (Å²) in [7, 11) is 0. The molecule has 11 rings (SSSR count). The van der Waals surface area contributed by atoms with Crippen molar-refractivity contribution in [1.82, 2.24) is 4.57 Å². The van der Waals surface area contributed by atoms with Crippen molar-refractivity contribution < 1.29 is 17.6 Å². The van der Waals surface area contributed by atoms with Gasteiger partial charge in [0.15, 0.2) is 5.58 Å². The lowest BCUT2D eigenvalue weighted by Crippen LogP contribution is -2.10. The monoisotopic (exact) mass is 702 g/mol. The van der Waals surface area contributed by atoms with E-state index in [4.69, 9.17) is 8.83 Å². The molecule has 0 saturated carbocycles. The molecule has 0 spiro atoms. The molecule has 0 amide bonds. The Morgan fingerprint density at radius 2 is 1.15 bits per heavy atom. The van der Waals surface area contributed by atoms with Gasteiger partial charge in [0.05, 0.1) is 16.6 Å². The predicted octanol–water partition coefficient (Wildman–Crippen LogP) is 14.0. The zero-order valence-electron chi connectivity index (χ0n) is 28.6. The van der Waals surface area contributed by atoms with Crippen molar-refractivity contribution in [3.63, 3.8) is 0 Å². The molecule has 6 heteroatoms. The standard InChI is InChI=1S/C48H28F2N2O2/c49-33-17-23-42-40(27-33)46-41-28-34(50)18-24-45(41)54-48(46)52(42)37-22-16-31-25-36(21-15-32(31)26-37)51(35-19-13-30(14-20-35)29-7-2-1-3-8-29)43-11-6-10-39-38-9-4-5-12-44(38)53-47(39)43/h1-28H. The number of nitrogens with zero attached hydrogens (tertiary/aromatic N) is 2. The summed E-state index contributed by atoms with van der Waals surface area (Å²) in [5.74, 6) is -0.738. The molecule has 3 heterocycles. The molecule has 8 aromatic carbocycles. The minimum Gasteiger partial charge on any atom is -0.454 e. The molecule has 54 heavy (non-hydrogen) atoms. The van der Waals surface area contributed by atoms with Crippen LogP contribution in [0.15, 0.2) is 179 Å². The fraction of sp³-hybridized carbons (Fsp3) is 0. The molecule has 0 aliphatic rings. The van der Waals surface area contributed by atoms with E-state index in [0.717, 1.165) is 72.1 Å². The summed E-state index contributed by atoms with van der Waals surface area (Å²) in [5, 5.41) is 6.13. The molecule has 3 aromatic heterocycles. The van der Waals surface area contributed by atoms with E-state index < -0.39 is 0 Å². The summed E-state index contributed by atoms with van der Waals surface area (Å²) in [6.07, 6.45) is 0. The summed E-state index contributed by atoms with van der Waals surface area (Å²) in [6, 6.07) is 55.2. The first kappa shape index (κ1) is 30.4. The summed E-state index contributed by atoms with van der Waals surface area (Å²) < 4.78 is 43.9. The van der Waals surface area contributed by atoms with Crippen molar-refractivity contribution in [3.8, 4) is 16.8 Å². The van der Waals surface area contributed by atoms with Gasteiger partial charge in [-0.25, -0.2) is 8.78 Å². The minimum atomic E-state index is -0.373. The van der Waals surface area contributed by atoms with Crippen molar-refractivity contribution in [3.05, 3.63) is 181 Å². The molecular weight excluding hydrogens is 675 g/mol. The highest BCUT2D eigenvalue weighted by Gasteiger charge is 2.22. The molecule has 0 atom stereocenters. The van der Waals surface area contributed by atoms with Gasteiger partial charge in [0.25, 0.3) is 0 Å². The molecule has 0 radical (unpaired) electrons. The molecule has 0 saturated heterocycles.